The predicted octanol–water partition coefficient (Wildman–Crippen LogP) is 2.79. The van der Waals surface area contributed by atoms with E-state index in [0.29, 0.717) is 6.54 Å². The Hall–Kier alpha value is -2.67. The fraction of sp³-hybridized carbons (Fsp3) is 0.476. The second-order valence-corrected chi connectivity index (χ2v) is 7.58. The molecule has 148 valence electrons. The molecule has 3 aromatic rings. The number of ether oxygens (including phenoxy) is 1. The van der Waals surface area contributed by atoms with Gasteiger partial charge in [0, 0.05) is 13.1 Å². The largest absolute Gasteiger partial charge is 0.490 e. The minimum absolute atomic E-state index is 0.217. The standard InChI is InChI=1S/C21H27N5O2/c1-14-6-7-15(2)19(16(14)3)28-11-17(27)10-26-13-24-18-20(22-12-23-21(18)26)25-8-4-5-9-25/h6-7,12-13,17,27H,4-5,8-11H2,1-3H3/t17-/m1/s1. The van der Waals surface area contributed by atoms with Gasteiger partial charge >= 0.3 is 0 Å². The Bertz CT molecular complexity index is 978. The number of rotatable bonds is 6. The summed E-state index contributed by atoms with van der Waals surface area (Å²) in [7, 11) is 0. The third kappa shape index (κ3) is 3.54. The Balaban J connectivity index is 1.48. The average Bonchev–Trinajstić information content (AvgIpc) is 3.35. The van der Waals surface area contributed by atoms with Crippen LogP contribution in [0.3, 0.4) is 0 Å². The molecule has 0 spiro atoms. The van der Waals surface area contributed by atoms with Crippen LogP contribution in [0, 0.1) is 20.8 Å². The fourth-order valence-corrected chi connectivity index (χ4v) is 3.77. The predicted molar refractivity (Wildman–Crippen MR) is 109 cm³/mol. The average molecular weight is 381 g/mol. The van der Waals surface area contributed by atoms with Gasteiger partial charge in [-0.05, 0) is 50.3 Å². The first-order valence-electron chi connectivity index (χ1n) is 9.83. The maximum Gasteiger partial charge on any atom is 0.165 e. The van der Waals surface area contributed by atoms with Crippen LogP contribution in [0.15, 0.2) is 24.8 Å². The number of aromatic nitrogens is 4. The SMILES string of the molecule is Cc1ccc(C)c(OC[C@H](O)Cn2cnc3c(N4CCCC4)ncnc32)c1C. The Morgan fingerprint density at radius 3 is 2.61 bits per heavy atom. The van der Waals surface area contributed by atoms with Crippen LogP contribution in [0.1, 0.15) is 29.5 Å². The molecule has 4 rings (SSSR count). The lowest BCUT2D eigenvalue weighted by Crippen LogP contribution is -2.24. The molecule has 1 aliphatic heterocycles. The Morgan fingerprint density at radius 1 is 1.07 bits per heavy atom. The molecule has 0 aliphatic carbocycles. The van der Waals surface area contributed by atoms with Gasteiger partial charge in [-0.15, -0.1) is 0 Å². The van der Waals surface area contributed by atoms with Gasteiger partial charge in [0.25, 0.3) is 0 Å². The zero-order valence-corrected chi connectivity index (χ0v) is 16.7. The van der Waals surface area contributed by atoms with Crippen molar-refractivity contribution >= 4 is 17.0 Å². The van der Waals surface area contributed by atoms with Crippen LogP contribution in [-0.4, -0.2) is 50.4 Å². The van der Waals surface area contributed by atoms with Gasteiger partial charge in [-0.2, -0.15) is 0 Å². The summed E-state index contributed by atoms with van der Waals surface area (Å²) in [5.74, 6) is 1.74. The zero-order chi connectivity index (χ0) is 19.7. The highest BCUT2D eigenvalue weighted by atomic mass is 16.5. The van der Waals surface area contributed by atoms with E-state index in [2.05, 4.69) is 32.8 Å². The van der Waals surface area contributed by atoms with Gasteiger partial charge in [0.1, 0.15) is 24.8 Å². The first kappa shape index (κ1) is 18.7. The molecule has 1 atom stereocenters. The van der Waals surface area contributed by atoms with E-state index < -0.39 is 6.10 Å². The molecule has 0 amide bonds. The van der Waals surface area contributed by atoms with Crippen LogP contribution in [0.25, 0.3) is 11.2 Å². The molecule has 1 saturated heterocycles. The molecule has 1 aliphatic rings. The van der Waals surface area contributed by atoms with Crippen molar-refractivity contribution in [1.82, 2.24) is 19.5 Å². The monoisotopic (exact) mass is 381 g/mol. The lowest BCUT2D eigenvalue weighted by molar-refractivity contribution is 0.0926. The smallest absolute Gasteiger partial charge is 0.165 e. The van der Waals surface area contributed by atoms with Gasteiger partial charge < -0.3 is 19.3 Å². The van der Waals surface area contributed by atoms with Crippen molar-refractivity contribution in [2.24, 2.45) is 0 Å². The summed E-state index contributed by atoms with van der Waals surface area (Å²) in [5, 5.41) is 10.5. The van der Waals surface area contributed by atoms with Crippen molar-refractivity contribution in [3.63, 3.8) is 0 Å². The van der Waals surface area contributed by atoms with Gasteiger partial charge in [-0.25, -0.2) is 15.0 Å². The lowest BCUT2D eigenvalue weighted by atomic mass is 10.1. The van der Waals surface area contributed by atoms with E-state index >= 15 is 0 Å². The number of imidazole rings is 1. The Labute approximate surface area is 165 Å². The number of benzene rings is 1. The molecule has 0 bridgehead atoms. The number of anilines is 1. The summed E-state index contributed by atoms with van der Waals surface area (Å²) in [4.78, 5) is 15.6. The molecule has 1 aromatic carbocycles. The van der Waals surface area contributed by atoms with Crippen LogP contribution < -0.4 is 9.64 Å². The third-order valence-corrected chi connectivity index (χ3v) is 5.49. The zero-order valence-electron chi connectivity index (χ0n) is 16.7. The highest BCUT2D eigenvalue weighted by molar-refractivity contribution is 5.83. The molecule has 0 radical (unpaired) electrons. The van der Waals surface area contributed by atoms with E-state index in [1.54, 1.807) is 12.7 Å². The molecule has 7 nitrogen and oxygen atoms in total. The summed E-state index contributed by atoms with van der Waals surface area (Å²) in [6, 6.07) is 4.13. The summed E-state index contributed by atoms with van der Waals surface area (Å²) in [6.07, 6.45) is 5.00. The number of hydrogen-bond acceptors (Lipinski definition) is 6. The van der Waals surface area contributed by atoms with Gasteiger partial charge in [0.05, 0.1) is 12.9 Å². The van der Waals surface area contributed by atoms with Crippen LogP contribution in [0.4, 0.5) is 5.82 Å². The topological polar surface area (TPSA) is 76.3 Å². The van der Waals surface area contributed by atoms with Gasteiger partial charge in [-0.3, -0.25) is 0 Å². The maximum atomic E-state index is 10.5. The van der Waals surface area contributed by atoms with Crippen LogP contribution in [0.5, 0.6) is 5.75 Å². The van der Waals surface area contributed by atoms with Gasteiger partial charge in [0.2, 0.25) is 0 Å². The molecule has 1 N–H and O–H groups in total. The van der Waals surface area contributed by atoms with E-state index in [-0.39, 0.29) is 6.61 Å². The van der Waals surface area contributed by atoms with Crippen molar-refractivity contribution < 1.29 is 9.84 Å². The molecule has 0 saturated carbocycles. The van der Waals surface area contributed by atoms with E-state index in [9.17, 15) is 5.11 Å². The summed E-state index contributed by atoms with van der Waals surface area (Å²) in [6.45, 7) is 8.73. The Kier molecular flexibility index (Phi) is 5.17. The Morgan fingerprint density at radius 2 is 1.82 bits per heavy atom. The fourth-order valence-electron chi connectivity index (χ4n) is 3.77. The molecular formula is C21H27N5O2. The molecule has 3 heterocycles. The minimum Gasteiger partial charge on any atom is -0.490 e. The van der Waals surface area contributed by atoms with E-state index in [0.717, 1.165) is 46.9 Å². The van der Waals surface area contributed by atoms with Crippen molar-refractivity contribution in [3.8, 4) is 5.75 Å². The quantitative estimate of drug-likeness (QED) is 0.708. The maximum absolute atomic E-state index is 10.5. The summed E-state index contributed by atoms with van der Waals surface area (Å²) in [5.41, 5.74) is 4.92. The second-order valence-electron chi connectivity index (χ2n) is 7.58. The van der Waals surface area contributed by atoms with E-state index in [1.807, 2.05) is 24.5 Å². The first-order valence-corrected chi connectivity index (χ1v) is 9.83. The number of hydrogen-bond donors (Lipinski definition) is 1. The number of nitrogens with zero attached hydrogens (tertiary/aromatic N) is 5. The van der Waals surface area contributed by atoms with Crippen molar-refractivity contribution in [1.29, 1.82) is 0 Å². The van der Waals surface area contributed by atoms with Gasteiger partial charge in [-0.1, -0.05) is 12.1 Å². The lowest BCUT2D eigenvalue weighted by Gasteiger charge is -2.18. The number of aliphatic hydroxyl groups excluding tert-OH is 1. The van der Waals surface area contributed by atoms with Gasteiger partial charge in [0.15, 0.2) is 17.0 Å². The number of aliphatic hydroxyl groups is 1. The molecular weight excluding hydrogens is 354 g/mol. The highest BCUT2D eigenvalue weighted by Gasteiger charge is 2.20. The van der Waals surface area contributed by atoms with Crippen molar-refractivity contribution in [2.45, 2.75) is 46.3 Å². The third-order valence-electron chi connectivity index (χ3n) is 5.49. The molecule has 0 unspecified atom stereocenters. The van der Waals surface area contributed by atoms with Crippen LogP contribution >= 0.6 is 0 Å². The van der Waals surface area contributed by atoms with Crippen molar-refractivity contribution in [2.75, 3.05) is 24.6 Å². The molecule has 28 heavy (non-hydrogen) atoms. The molecule has 1 fully saturated rings. The normalized spacial score (nSPS) is 15.4. The number of aryl methyl sites for hydroxylation is 2. The van der Waals surface area contributed by atoms with Crippen LogP contribution in [0.2, 0.25) is 0 Å². The summed E-state index contributed by atoms with van der Waals surface area (Å²) < 4.78 is 7.83. The van der Waals surface area contributed by atoms with Crippen molar-refractivity contribution in [3.05, 3.63) is 41.5 Å². The van der Waals surface area contributed by atoms with E-state index in [4.69, 9.17) is 4.74 Å². The molecule has 2 aromatic heterocycles. The summed E-state index contributed by atoms with van der Waals surface area (Å²) >= 11 is 0. The first-order chi connectivity index (χ1) is 13.5. The van der Waals surface area contributed by atoms with E-state index in [1.165, 1.54) is 18.4 Å². The second kappa shape index (κ2) is 7.75. The molecule has 7 heteroatoms. The highest BCUT2D eigenvalue weighted by Crippen LogP contribution is 2.27. The van der Waals surface area contributed by atoms with Crippen LogP contribution in [-0.2, 0) is 6.54 Å². The number of fused-ring (bicyclic) bond motifs is 1. The minimum atomic E-state index is -0.665.